The van der Waals surface area contributed by atoms with Crippen LogP contribution in [0.15, 0.2) is 47.5 Å². The molecule has 106 valence electrons. The fourth-order valence-electron chi connectivity index (χ4n) is 1.92. The Labute approximate surface area is 118 Å². The first kappa shape index (κ1) is 14.5. The molecule has 5 nitrogen and oxygen atoms in total. The van der Waals surface area contributed by atoms with Crippen molar-refractivity contribution in [3.63, 3.8) is 0 Å². The number of hydrogen-bond donors (Lipinski definition) is 2. The van der Waals surface area contributed by atoms with Crippen molar-refractivity contribution in [3.05, 3.63) is 48.2 Å². The van der Waals surface area contributed by atoms with E-state index in [-0.39, 0.29) is 10.9 Å². The molecular weight excluding hydrogens is 274 g/mol. The number of rotatable bonds is 4. The summed E-state index contributed by atoms with van der Waals surface area (Å²) in [5.74, 6) is 0.308. The average Bonchev–Trinajstić information content (AvgIpc) is 2.38. The van der Waals surface area contributed by atoms with E-state index in [1.165, 1.54) is 6.07 Å². The van der Waals surface area contributed by atoms with Crippen LogP contribution < -0.4 is 11.1 Å². The lowest BCUT2D eigenvalue weighted by Crippen LogP contribution is -2.10. The van der Waals surface area contributed by atoms with Crippen LogP contribution in [0, 0.1) is 0 Å². The van der Waals surface area contributed by atoms with Gasteiger partial charge in [-0.3, -0.25) is 0 Å². The van der Waals surface area contributed by atoms with E-state index in [1.807, 2.05) is 31.2 Å². The molecule has 0 aliphatic heterocycles. The number of aromatic nitrogens is 1. The molecule has 0 radical (unpaired) electrons. The van der Waals surface area contributed by atoms with Crippen LogP contribution in [0.2, 0.25) is 0 Å². The van der Waals surface area contributed by atoms with Crippen molar-refractivity contribution in [1.29, 1.82) is 0 Å². The maximum Gasteiger partial charge on any atom is 0.179 e. The molecule has 0 aliphatic carbocycles. The third-order valence-electron chi connectivity index (χ3n) is 2.87. The summed E-state index contributed by atoms with van der Waals surface area (Å²) in [4.78, 5) is 4.28. The molecule has 1 aromatic heterocycles. The summed E-state index contributed by atoms with van der Waals surface area (Å²) in [6.07, 6.45) is 2.71. The number of anilines is 2. The van der Waals surface area contributed by atoms with Crippen LogP contribution in [0.5, 0.6) is 0 Å². The predicted octanol–water partition coefficient (Wildman–Crippen LogP) is 2.25. The second-order valence-electron chi connectivity index (χ2n) is 4.62. The zero-order valence-corrected chi connectivity index (χ0v) is 12.2. The molecule has 0 spiro atoms. The normalized spacial score (nSPS) is 12.9. The highest BCUT2D eigenvalue weighted by atomic mass is 32.2. The molecule has 20 heavy (non-hydrogen) atoms. The lowest BCUT2D eigenvalue weighted by molar-refractivity contribution is 0.602. The number of nitrogens with zero attached hydrogens (tertiary/aromatic N) is 1. The van der Waals surface area contributed by atoms with E-state index >= 15 is 0 Å². The molecule has 0 amide bonds. The molecule has 6 heteroatoms. The van der Waals surface area contributed by atoms with Crippen molar-refractivity contribution in [3.8, 4) is 0 Å². The number of benzene rings is 1. The van der Waals surface area contributed by atoms with Gasteiger partial charge in [0.25, 0.3) is 0 Å². The van der Waals surface area contributed by atoms with Gasteiger partial charge in [-0.25, -0.2) is 13.4 Å². The molecule has 1 heterocycles. The topological polar surface area (TPSA) is 85.1 Å². The highest BCUT2D eigenvalue weighted by Gasteiger charge is 2.15. The van der Waals surface area contributed by atoms with Crippen molar-refractivity contribution in [2.24, 2.45) is 5.73 Å². The number of nitrogens with one attached hydrogen (secondary N) is 1. The largest absolute Gasteiger partial charge is 0.339 e. The maximum absolute atomic E-state index is 11.8. The SMILES string of the molecule is CC(N)c1ccccc1Nc1ncccc1S(C)(=O)=O. The molecule has 1 aromatic carbocycles. The van der Waals surface area contributed by atoms with Gasteiger partial charge in [0.1, 0.15) is 10.7 Å². The molecule has 0 aliphatic rings. The third kappa shape index (κ3) is 3.15. The van der Waals surface area contributed by atoms with Crippen molar-refractivity contribution in [1.82, 2.24) is 4.98 Å². The Morgan fingerprint density at radius 3 is 2.55 bits per heavy atom. The van der Waals surface area contributed by atoms with Crippen molar-refractivity contribution < 1.29 is 8.42 Å². The van der Waals surface area contributed by atoms with Gasteiger partial charge in [-0.1, -0.05) is 18.2 Å². The first-order chi connectivity index (χ1) is 9.39. The lowest BCUT2D eigenvalue weighted by atomic mass is 10.1. The molecule has 1 unspecified atom stereocenters. The maximum atomic E-state index is 11.8. The lowest BCUT2D eigenvalue weighted by Gasteiger charge is -2.15. The molecule has 2 aromatic rings. The van der Waals surface area contributed by atoms with Gasteiger partial charge in [0.05, 0.1) is 0 Å². The number of hydrogen-bond acceptors (Lipinski definition) is 5. The van der Waals surface area contributed by atoms with E-state index in [1.54, 1.807) is 12.3 Å². The Morgan fingerprint density at radius 1 is 1.20 bits per heavy atom. The number of pyridine rings is 1. The van der Waals surface area contributed by atoms with Crippen LogP contribution in [0.4, 0.5) is 11.5 Å². The fraction of sp³-hybridized carbons (Fsp3) is 0.214. The smallest absolute Gasteiger partial charge is 0.179 e. The van der Waals surface area contributed by atoms with Gasteiger partial charge >= 0.3 is 0 Å². The Kier molecular flexibility index (Phi) is 4.06. The molecular formula is C14H17N3O2S. The monoisotopic (exact) mass is 291 g/mol. The van der Waals surface area contributed by atoms with E-state index in [9.17, 15) is 8.42 Å². The summed E-state index contributed by atoms with van der Waals surface area (Å²) in [6.45, 7) is 1.87. The van der Waals surface area contributed by atoms with Gasteiger partial charge in [-0.05, 0) is 30.7 Å². The molecule has 1 atom stereocenters. The highest BCUT2D eigenvalue weighted by Crippen LogP contribution is 2.27. The zero-order chi connectivity index (χ0) is 14.8. The standard InChI is InChI=1S/C14H17N3O2S/c1-10(15)11-6-3-4-7-12(11)17-14-13(20(2,18)19)8-5-9-16-14/h3-10H,15H2,1-2H3,(H,16,17). The number of sulfone groups is 1. The van der Waals surface area contributed by atoms with Crippen LogP contribution in [-0.4, -0.2) is 19.7 Å². The quantitative estimate of drug-likeness (QED) is 0.902. The van der Waals surface area contributed by atoms with Crippen LogP contribution in [0.25, 0.3) is 0 Å². The molecule has 0 fully saturated rings. The highest BCUT2D eigenvalue weighted by molar-refractivity contribution is 7.90. The van der Waals surface area contributed by atoms with Crippen molar-refractivity contribution >= 4 is 21.3 Å². The van der Waals surface area contributed by atoms with Gasteiger partial charge in [-0.15, -0.1) is 0 Å². The van der Waals surface area contributed by atoms with E-state index in [0.717, 1.165) is 17.5 Å². The predicted molar refractivity (Wildman–Crippen MR) is 79.7 cm³/mol. The second kappa shape index (κ2) is 5.60. The minimum absolute atomic E-state index is 0.163. The van der Waals surface area contributed by atoms with Gasteiger partial charge in [0.15, 0.2) is 9.84 Å². The van der Waals surface area contributed by atoms with E-state index in [4.69, 9.17) is 5.73 Å². The minimum Gasteiger partial charge on any atom is -0.339 e. The average molecular weight is 291 g/mol. The Hall–Kier alpha value is -1.92. The summed E-state index contributed by atoms with van der Waals surface area (Å²) < 4.78 is 23.5. The Balaban J connectivity index is 2.47. The summed E-state index contributed by atoms with van der Waals surface area (Å²) in [5, 5.41) is 3.06. The van der Waals surface area contributed by atoms with Crippen LogP contribution in [0.1, 0.15) is 18.5 Å². The molecule has 0 saturated carbocycles. The summed E-state index contributed by atoms with van der Waals surface area (Å²) in [7, 11) is -3.34. The van der Waals surface area contributed by atoms with Crippen LogP contribution >= 0.6 is 0 Å². The first-order valence-corrected chi connectivity index (χ1v) is 8.05. The second-order valence-corrected chi connectivity index (χ2v) is 6.61. The van der Waals surface area contributed by atoms with Gasteiger partial charge in [-0.2, -0.15) is 0 Å². The minimum atomic E-state index is -3.34. The third-order valence-corrected chi connectivity index (χ3v) is 4.00. The van der Waals surface area contributed by atoms with E-state index in [2.05, 4.69) is 10.3 Å². The van der Waals surface area contributed by atoms with Gasteiger partial charge in [0.2, 0.25) is 0 Å². The van der Waals surface area contributed by atoms with Crippen molar-refractivity contribution in [2.45, 2.75) is 17.9 Å². The molecule has 3 N–H and O–H groups in total. The van der Waals surface area contributed by atoms with E-state index in [0.29, 0.717) is 5.82 Å². The summed E-state index contributed by atoms with van der Waals surface area (Å²) >= 11 is 0. The van der Waals surface area contributed by atoms with Crippen molar-refractivity contribution in [2.75, 3.05) is 11.6 Å². The Morgan fingerprint density at radius 2 is 1.90 bits per heavy atom. The van der Waals surface area contributed by atoms with E-state index < -0.39 is 9.84 Å². The fourth-order valence-corrected chi connectivity index (χ4v) is 2.70. The zero-order valence-electron chi connectivity index (χ0n) is 11.4. The molecule has 0 saturated heterocycles. The first-order valence-electron chi connectivity index (χ1n) is 6.16. The van der Waals surface area contributed by atoms with Crippen LogP contribution in [-0.2, 0) is 9.84 Å². The number of nitrogens with two attached hydrogens (primary N) is 1. The number of para-hydroxylation sites is 1. The molecule has 0 bridgehead atoms. The van der Waals surface area contributed by atoms with Gasteiger partial charge < -0.3 is 11.1 Å². The Bertz CT molecular complexity index is 712. The van der Waals surface area contributed by atoms with Gasteiger partial charge in [0, 0.05) is 24.2 Å². The summed E-state index contributed by atoms with van der Waals surface area (Å²) in [6, 6.07) is 10.5. The molecule has 2 rings (SSSR count). The van der Waals surface area contributed by atoms with Crippen LogP contribution in [0.3, 0.4) is 0 Å². The summed E-state index contributed by atoms with van der Waals surface area (Å²) in [5.41, 5.74) is 7.57.